The monoisotopic (exact) mass is 392 g/mol. The number of nitrogens with zero attached hydrogens (tertiary/aromatic N) is 2. The summed E-state index contributed by atoms with van der Waals surface area (Å²) in [5.74, 6) is 0. The van der Waals surface area contributed by atoms with Crippen molar-refractivity contribution in [2.75, 3.05) is 0 Å². The van der Waals surface area contributed by atoms with Gasteiger partial charge in [-0.05, 0) is 62.7 Å². The molecular formula is C12H14Br2N2OS. The van der Waals surface area contributed by atoms with Gasteiger partial charge >= 0.3 is 0 Å². The highest BCUT2D eigenvalue weighted by atomic mass is 79.9. The van der Waals surface area contributed by atoms with Gasteiger partial charge in [0.2, 0.25) is 0 Å². The highest BCUT2D eigenvalue weighted by Crippen LogP contribution is 2.30. The van der Waals surface area contributed by atoms with Crippen LogP contribution in [0.4, 0.5) is 0 Å². The summed E-state index contributed by atoms with van der Waals surface area (Å²) in [5, 5.41) is 16.7. The predicted molar refractivity (Wildman–Crippen MR) is 81.0 cm³/mol. The topological polar surface area (TPSA) is 38.0 Å². The maximum atomic E-state index is 10.3. The molecule has 0 aromatic carbocycles. The molecule has 18 heavy (non-hydrogen) atoms. The number of hydrogen-bond donors (Lipinski definition) is 1. The highest BCUT2D eigenvalue weighted by Gasteiger charge is 2.18. The van der Waals surface area contributed by atoms with Crippen molar-refractivity contribution in [2.45, 2.75) is 32.9 Å². The molecule has 0 bridgehead atoms. The van der Waals surface area contributed by atoms with Gasteiger partial charge in [-0.3, -0.25) is 4.68 Å². The van der Waals surface area contributed by atoms with Crippen LogP contribution in [0.2, 0.25) is 0 Å². The Morgan fingerprint density at radius 3 is 2.78 bits per heavy atom. The van der Waals surface area contributed by atoms with Crippen molar-refractivity contribution in [1.29, 1.82) is 0 Å². The first-order chi connectivity index (χ1) is 8.52. The molecule has 0 aliphatic heterocycles. The Hall–Kier alpha value is -0.170. The van der Waals surface area contributed by atoms with Crippen LogP contribution < -0.4 is 0 Å². The van der Waals surface area contributed by atoms with Crippen LogP contribution in [0.3, 0.4) is 0 Å². The van der Waals surface area contributed by atoms with E-state index in [1.54, 1.807) is 11.3 Å². The SMILES string of the molecule is CCn1nc(C)c(Br)c1CC(O)c1csc(Br)c1. The Kier molecular flexibility index (Phi) is 4.64. The number of thiophene rings is 1. The smallest absolute Gasteiger partial charge is 0.0854 e. The summed E-state index contributed by atoms with van der Waals surface area (Å²) < 4.78 is 3.97. The molecule has 0 aliphatic carbocycles. The number of aromatic nitrogens is 2. The maximum Gasteiger partial charge on any atom is 0.0854 e. The van der Waals surface area contributed by atoms with Gasteiger partial charge < -0.3 is 5.11 Å². The van der Waals surface area contributed by atoms with E-state index in [9.17, 15) is 5.11 Å². The zero-order valence-electron chi connectivity index (χ0n) is 10.2. The Balaban J connectivity index is 2.23. The van der Waals surface area contributed by atoms with Crippen molar-refractivity contribution < 1.29 is 5.11 Å². The lowest BCUT2D eigenvalue weighted by Crippen LogP contribution is -2.08. The second-order valence-corrected chi connectivity index (χ2v) is 7.15. The van der Waals surface area contributed by atoms with Crippen molar-refractivity contribution in [3.63, 3.8) is 0 Å². The largest absolute Gasteiger partial charge is 0.388 e. The molecular weight excluding hydrogens is 380 g/mol. The number of aliphatic hydroxyl groups is 1. The second-order valence-electron chi connectivity index (χ2n) is 4.07. The molecule has 0 aliphatic rings. The molecule has 0 saturated carbocycles. The number of aliphatic hydroxyl groups excluding tert-OH is 1. The quantitative estimate of drug-likeness (QED) is 0.849. The molecule has 3 nitrogen and oxygen atoms in total. The van der Waals surface area contributed by atoms with E-state index in [2.05, 4.69) is 43.9 Å². The van der Waals surface area contributed by atoms with Crippen molar-refractivity contribution in [2.24, 2.45) is 0 Å². The van der Waals surface area contributed by atoms with Crippen LogP contribution >= 0.6 is 43.2 Å². The predicted octanol–water partition coefficient (Wildman–Crippen LogP) is 4.07. The molecule has 2 aromatic heterocycles. The van der Waals surface area contributed by atoms with Gasteiger partial charge in [0, 0.05) is 13.0 Å². The first-order valence-corrected chi connectivity index (χ1v) is 8.13. The summed E-state index contributed by atoms with van der Waals surface area (Å²) in [6.45, 7) is 4.82. The molecule has 0 fully saturated rings. The van der Waals surface area contributed by atoms with Gasteiger partial charge in [-0.1, -0.05) is 0 Å². The van der Waals surface area contributed by atoms with E-state index in [-0.39, 0.29) is 0 Å². The average molecular weight is 394 g/mol. The third-order valence-corrected chi connectivity index (χ3v) is 5.37. The number of hydrogen-bond acceptors (Lipinski definition) is 3. The van der Waals surface area contributed by atoms with E-state index < -0.39 is 6.10 Å². The highest BCUT2D eigenvalue weighted by molar-refractivity contribution is 9.11. The minimum atomic E-state index is -0.495. The molecule has 1 N–H and O–H groups in total. The van der Waals surface area contributed by atoms with Crippen LogP contribution in [0, 0.1) is 6.92 Å². The maximum absolute atomic E-state index is 10.3. The van der Waals surface area contributed by atoms with E-state index in [0.29, 0.717) is 6.42 Å². The van der Waals surface area contributed by atoms with Gasteiger partial charge in [-0.15, -0.1) is 11.3 Å². The zero-order valence-corrected chi connectivity index (χ0v) is 14.1. The van der Waals surface area contributed by atoms with Gasteiger partial charge in [-0.25, -0.2) is 0 Å². The summed E-state index contributed by atoms with van der Waals surface area (Å²) in [6.07, 6.45) is 0.0728. The molecule has 2 rings (SSSR count). The molecule has 0 radical (unpaired) electrons. The first-order valence-electron chi connectivity index (χ1n) is 5.66. The van der Waals surface area contributed by atoms with Crippen molar-refractivity contribution in [3.05, 3.63) is 36.7 Å². The normalized spacial score (nSPS) is 12.9. The lowest BCUT2D eigenvalue weighted by molar-refractivity contribution is 0.175. The second kappa shape index (κ2) is 5.86. The first kappa shape index (κ1) is 14.2. The van der Waals surface area contributed by atoms with Crippen LogP contribution in [-0.4, -0.2) is 14.9 Å². The summed E-state index contributed by atoms with van der Waals surface area (Å²) in [6, 6.07) is 1.96. The lowest BCUT2D eigenvalue weighted by atomic mass is 10.1. The Morgan fingerprint density at radius 1 is 1.50 bits per heavy atom. The molecule has 0 amide bonds. The summed E-state index contributed by atoms with van der Waals surface area (Å²) in [5.41, 5.74) is 2.95. The van der Waals surface area contributed by atoms with Gasteiger partial charge in [0.15, 0.2) is 0 Å². The van der Waals surface area contributed by atoms with E-state index in [1.807, 2.05) is 23.1 Å². The average Bonchev–Trinajstić information content (AvgIpc) is 2.88. The van der Waals surface area contributed by atoms with Crippen molar-refractivity contribution >= 4 is 43.2 Å². The number of rotatable bonds is 4. The third-order valence-electron chi connectivity index (χ3n) is 2.81. The van der Waals surface area contributed by atoms with Crippen LogP contribution in [0.1, 0.15) is 30.0 Å². The Bertz CT molecular complexity index is 550. The lowest BCUT2D eigenvalue weighted by Gasteiger charge is -2.10. The summed E-state index contributed by atoms with van der Waals surface area (Å²) in [4.78, 5) is 0. The molecule has 1 unspecified atom stereocenters. The Morgan fingerprint density at radius 2 is 2.22 bits per heavy atom. The third kappa shape index (κ3) is 2.87. The van der Waals surface area contributed by atoms with Crippen molar-refractivity contribution in [1.82, 2.24) is 9.78 Å². The van der Waals surface area contributed by atoms with Gasteiger partial charge in [0.25, 0.3) is 0 Å². The number of aryl methyl sites for hydroxylation is 2. The van der Waals surface area contributed by atoms with Crippen LogP contribution in [0.5, 0.6) is 0 Å². The van der Waals surface area contributed by atoms with Crippen LogP contribution in [-0.2, 0) is 13.0 Å². The molecule has 6 heteroatoms. The fourth-order valence-corrected chi connectivity index (χ4v) is 3.53. The van der Waals surface area contributed by atoms with Crippen LogP contribution in [0.25, 0.3) is 0 Å². The number of halogens is 2. The van der Waals surface area contributed by atoms with E-state index >= 15 is 0 Å². The minimum absolute atomic E-state index is 0.495. The van der Waals surface area contributed by atoms with Crippen molar-refractivity contribution in [3.8, 4) is 0 Å². The molecule has 0 saturated heterocycles. The van der Waals surface area contributed by atoms with E-state index in [0.717, 1.165) is 31.8 Å². The summed E-state index contributed by atoms with van der Waals surface area (Å²) in [7, 11) is 0. The molecule has 2 heterocycles. The summed E-state index contributed by atoms with van der Waals surface area (Å²) >= 11 is 8.55. The standard InChI is InChI=1S/C12H14Br2N2OS/c1-3-16-9(12(14)7(2)15-16)5-10(17)8-4-11(13)18-6-8/h4,6,10,17H,3,5H2,1-2H3. The minimum Gasteiger partial charge on any atom is -0.388 e. The fourth-order valence-electron chi connectivity index (χ4n) is 1.86. The van der Waals surface area contributed by atoms with E-state index in [1.165, 1.54) is 0 Å². The van der Waals surface area contributed by atoms with Gasteiger partial charge in [-0.2, -0.15) is 5.10 Å². The fraction of sp³-hybridized carbons (Fsp3) is 0.417. The van der Waals surface area contributed by atoms with E-state index in [4.69, 9.17) is 0 Å². The van der Waals surface area contributed by atoms with Gasteiger partial charge in [0.05, 0.1) is 25.8 Å². The van der Waals surface area contributed by atoms with Gasteiger partial charge in [0.1, 0.15) is 0 Å². The zero-order chi connectivity index (χ0) is 13.3. The Labute approximate surface area is 127 Å². The van der Waals surface area contributed by atoms with Crippen LogP contribution in [0.15, 0.2) is 19.7 Å². The molecule has 1 atom stereocenters. The molecule has 0 spiro atoms. The molecule has 2 aromatic rings. The molecule has 98 valence electrons.